The summed E-state index contributed by atoms with van der Waals surface area (Å²) in [7, 11) is 1.67. The SMILES string of the molecule is COc1ccccc1N1CCN(C(=O)CSc2nc(Cl)cc(N3CCN(C(C)=O)C(C)C3)n2)CC1. The number of methoxy groups -OCH3 is 1. The molecule has 1 unspecified atom stereocenters. The molecule has 0 radical (unpaired) electrons. The van der Waals surface area contributed by atoms with E-state index in [0.29, 0.717) is 43.0 Å². The van der Waals surface area contributed by atoms with Gasteiger partial charge in [0.25, 0.3) is 0 Å². The van der Waals surface area contributed by atoms with E-state index in [4.69, 9.17) is 16.3 Å². The first-order chi connectivity index (χ1) is 16.9. The maximum Gasteiger partial charge on any atom is 0.233 e. The van der Waals surface area contributed by atoms with Crippen molar-refractivity contribution in [3.05, 3.63) is 35.5 Å². The standard InChI is InChI=1S/C24H31ClN6O3S/c1-17-15-30(12-13-31(17)18(2)32)22-14-21(25)26-24(27-22)35-16-23(33)29-10-8-28(9-11-29)19-6-4-5-7-20(19)34-3/h4-7,14,17H,8-13,15-16H2,1-3H3. The monoisotopic (exact) mass is 518 g/mol. The van der Waals surface area contributed by atoms with Crippen molar-refractivity contribution in [3.63, 3.8) is 0 Å². The van der Waals surface area contributed by atoms with Crippen molar-refractivity contribution in [3.8, 4) is 5.75 Å². The Bertz CT molecular complexity index is 1070. The Balaban J connectivity index is 1.32. The topological polar surface area (TPSA) is 82.1 Å². The molecular formula is C24H31ClN6O3S. The number of nitrogens with zero attached hydrogens (tertiary/aromatic N) is 6. The number of hydrogen-bond donors (Lipinski definition) is 0. The van der Waals surface area contributed by atoms with Crippen LogP contribution in [-0.4, -0.2) is 96.3 Å². The molecule has 0 bridgehead atoms. The Kier molecular flexibility index (Phi) is 8.22. The lowest BCUT2D eigenvalue weighted by atomic mass is 10.2. The van der Waals surface area contributed by atoms with Gasteiger partial charge in [-0.05, 0) is 19.1 Å². The third-order valence-electron chi connectivity index (χ3n) is 6.40. The van der Waals surface area contributed by atoms with Crippen molar-refractivity contribution in [1.29, 1.82) is 0 Å². The molecule has 11 heteroatoms. The van der Waals surface area contributed by atoms with Gasteiger partial charge >= 0.3 is 0 Å². The molecule has 2 amide bonds. The van der Waals surface area contributed by atoms with Gasteiger partial charge in [-0.25, -0.2) is 9.97 Å². The summed E-state index contributed by atoms with van der Waals surface area (Å²) in [6, 6.07) is 9.76. The summed E-state index contributed by atoms with van der Waals surface area (Å²) in [4.78, 5) is 41.7. The zero-order chi connectivity index (χ0) is 24.9. The predicted molar refractivity (Wildman–Crippen MR) is 139 cm³/mol. The van der Waals surface area contributed by atoms with E-state index in [1.165, 1.54) is 11.8 Å². The van der Waals surface area contributed by atoms with Gasteiger partial charge in [0.05, 0.1) is 18.6 Å². The summed E-state index contributed by atoms with van der Waals surface area (Å²) in [5, 5.41) is 0.826. The molecule has 0 saturated carbocycles. The summed E-state index contributed by atoms with van der Waals surface area (Å²) in [6.45, 7) is 8.41. The molecule has 2 aromatic rings. The Hall–Kier alpha value is -2.72. The second-order valence-electron chi connectivity index (χ2n) is 8.67. The Labute approximate surface area is 215 Å². The molecule has 1 aromatic heterocycles. The average Bonchev–Trinajstić information content (AvgIpc) is 2.86. The number of benzene rings is 1. The smallest absolute Gasteiger partial charge is 0.233 e. The molecule has 2 aliphatic heterocycles. The van der Waals surface area contributed by atoms with Crippen LogP contribution in [0.1, 0.15) is 13.8 Å². The van der Waals surface area contributed by atoms with Crippen molar-refractivity contribution < 1.29 is 14.3 Å². The van der Waals surface area contributed by atoms with E-state index in [2.05, 4.69) is 19.8 Å². The first kappa shape index (κ1) is 25.4. The van der Waals surface area contributed by atoms with Gasteiger partial charge in [-0.3, -0.25) is 9.59 Å². The number of amides is 2. The third kappa shape index (κ3) is 6.10. The lowest BCUT2D eigenvalue weighted by Crippen LogP contribution is -2.53. The molecule has 188 valence electrons. The number of thioether (sulfide) groups is 1. The molecule has 0 spiro atoms. The van der Waals surface area contributed by atoms with Gasteiger partial charge < -0.3 is 24.3 Å². The molecule has 4 rings (SSSR count). The van der Waals surface area contributed by atoms with E-state index >= 15 is 0 Å². The minimum atomic E-state index is 0.0588. The highest BCUT2D eigenvalue weighted by Gasteiger charge is 2.27. The second-order valence-corrected chi connectivity index (χ2v) is 10.00. The highest BCUT2D eigenvalue weighted by molar-refractivity contribution is 7.99. The van der Waals surface area contributed by atoms with Crippen LogP contribution in [0.3, 0.4) is 0 Å². The van der Waals surface area contributed by atoms with Crippen LogP contribution < -0.4 is 14.5 Å². The van der Waals surface area contributed by atoms with E-state index in [0.717, 1.165) is 30.3 Å². The lowest BCUT2D eigenvalue weighted by molar-refractivity contribution is -0.131. The third-order valence-corrected chi connectivity index (χ3v) is 7.43. The van der Waals surface area contributed by atoms with Crippen LogP contribution in [0, 0.1) is 0 Å². The highest BCUT2D eigenvalue weighted by Crippen LogP contribution is 2.29. The highest BCUT2D eigenvalue weighted by atomic mass is 35.5. The number of carbonyl (C=O) groups is 2. The second kappa shape index (κ2) is 11.3. The first-order valence-corrected chi connectivity index (χ1v) is 13.1. The molecule has 9 nitrogen and oxygen atoms in total. The van der Waals surface area contributed by atoms with Crippen molar-refractivity contribution in [1.82, 2.24) is 19.8 Å². The van der Waals surface area contributed by atoms with Crippen molar-refractivity contribution in [2.75, 3.05) is 68.5 Å². The maximum atomic E-state index is 12.9. The van der Waals surface area contributed by atoms with Gasteiger partial charge in [-0.15, -0.1) is 0 Å². The molecule has 2 saturated heterocycles. The average molecular weight is 519 g/mol. The molecule has 2 fully saturated rings. The zero-order valence-electron chi connectivity index (χ0n) is 20.3. The van der Waals surface area contributed by atoms with E-state index in [1.54, 1.807) is 20.1 Å². The summed E-state index contributed by atoms with van der Waals surface area (Å²) in [6.07, 6.45) is 0. The summed E-state index contributed by atoms with van der Waals surface area (Å²) in [5.41, 5.74) is 1.05. The molecule has 0 aliphatic carbocycles. The summed E-state index contributed by atoms with van der Waals surface area (Å²) >= 11 is 7.58. The Morgan fingerprint density at radius 3 is 2.49 bits per heavy atom. The van der Waals surface area contributed by atoms with Gasteiger partial charge in [0.15, 0.2) is 5.16 Å². The van der Waals surface area contributed by atoms with Crippen LogP contribution in [0.2, 0.25) is 5.15 Å². The van der Waals surface area contributed by atoms with Gasteiger partial charge in [0, 0.05) is 64.8 Å². The van der Waals surface area contributed by atoms with Gasteiger partial charge in [-0.1, -0.05) is 35.5 Å². The lowest BCUT2D eigenvalue weighted by Gasteiger charge is -2.40. The minimum absolute atomic E-state index is 0.0588. The Morgan fingerprint density at radius 2 is 1.80 bits per heavy atom. The van der Waals surface area contributed by atoms with E-state index in [-0.39, 0.29) is 23.6 Å². The van der Waals surface area contributed by atoms with Crippen molar-refractivity contribution in [2.24, 2.45) is 0 Å². The number of piperazine rings is 2. The number of para-hydroxylation sites is 2. The number of rotatable bonds is 6. The number of carbonyl (C=O) groups excluding carboxylic acids is 2. The number of hydrogen-bond acceptors (Lipinski definition) is 8. The van der Waals surface area contributed by atoms with E-state index in [9.17, 15) is 9.59 Å². The molecule has 3 heterocycles. The molecule has 2 aliphatic rings. The summed E-state index contributed by atoms with van der Waals surface area (Å²) < 4.78 is 5.47. The molecule has 1 atom stereocenters. The normalized spacial score (nSPS) is 18.6. The van der Waals surface area contributed by atoms with Crippen molar-refractivity contribution in [2.45, 2.75) is 25.0 Å². The van der Waals surface area contributed by atoms with Gasteiger partial charge in [-0.2, -0.15) is 0 Å². The zero-order valence-corrected chi connectivity index (χ0v) is 21.9. The Morgan fingerprint density at radius 1 is 1.09 bits per heavy atom. The summed E-state index contributed by atoms with van der Waals surface area (Å²) in [5.74, 6) is 1.96. The van der Waals surface area contributed by atoms with Crippen molar-refractivity contribution >= 4 is 46.7 Å². The van der Waals surface area contributed by atoms with Crippen LogP contribution in [0.4, 0.5) is 11.5 Å². The fraction of sp³-hybridized carbons (Fsp3) is 0.500. The number of aromatic nitrogens is 2. The molecule has 0 N–H and O–H groups in total. The fourth-order valence-electron chi connectivity index (χ4n) is 4.55. The van der Waals surface area contributed by atoms with E-state index in [1.807, 2.05) is 41.0 Å². The first-order valence-electron chi connectivity index (χ1n) is 11.7. The fourth-order valence-corrected chi connectivity index (χ4v) is 5.53. The van der Waals surface area contributed by atoms with Crippen LogP contribution in [0.15, 0.2) is 35.5 Å². The largest absolute Gasteiger partial charge is 0.495 e. The van der Waals surface area contributed by atoms with Crippen LogP contribution >= 0.6 is 23.4 Å². The van der Waals surface area contributed by atoms with Gasteiger partial charge in [0.2, 0.25) is 11.8 Å². The molecule has 1 aromatic carbocycles. The quantitative estimate of drug-likeness (QED) is 0.328. The predicted octanol–water partition coefficient (Wildman–Crippen LogP) is 2.64. The van der Waals surface area contributed by atoms with Crippen LogP contribution in [-0.2, 0) is 9.59 Å². The minimum Gasteiger partial charge on any atom is -0.495 e. The number of ether oxygens (including phenoxy) is 1. The number of anilines is 2. The van der Waals surface area contributed by atoms with Gasteiger partial charge in [0.1, 0.15) is 16.7 Å². The van der Waals surface area contributed by atoms with Crippen LogP contribution in [0.5, 0.6) is 5.75 Å². The number of halogens is 1. The van der Waals surface area contributed by atoms with E-state index < -0.39 is 0 Å². The molecule has 35 heavy (non-hydrogen) atoms. The maximum absolute atomic E-state index is 12.9. The molecular weight excluding hydrogens is 488 g/mol. The van der Waals surface area contributed by atoms with Crippen LogP contribution in [0.25, 0.3) is 0 Å².